The first-order valence-electron chi connectivity index (χ1n) is 7.11. The molecule has 0 fully saturated rings. The van der Waals surface area contributed by atoms with Crippen molar-refractivity contribution in [3.05, 3.63) is 47.1 Å². The minimum atomic E-state index is -0.805. The number of carbonyl (C=O) groups is 2. The molecular formula is C17H18N2O4. The molecule has 0 saturated carbocycles. The largest absolute Gasteiger partial charge is 0.421 e. The van der Waals surface area contributed by atoms with Gasteiger partial charge in [-0.15, -0.1) is 0 Å². The van der Waals surface area contributed by atoms with Gasteiger partial charge in [0.1, 0.15) is 11.4 Å². The highest BCUT2D eigenvalue weighted by molar-refractivity contribution is 6.15. The molecule has 0 unspecified atom stereocenters. The zero-order valence-electron chi connectivity index (χ0n) is 13.5. The minimum Gasteiger partial charge on any atom is -0.421 e. The van der Waals surface area contributed by atoms with Gasteiger partial charge in [0.05, 0.1) is 0 Å². The topological polar surface area (TPSA) is 80.5 Å². The molecule has 2 aromatic rings. The Morgan fingerprint density at radius 3 is 2.35 bits per heavy atom. The van der Waals surface area contributed by atoms with Crippen molar-refractivity contribution >= 4 is 17.5 Å². The molecule has 0 atom stereocenters. The lowest BCUT2D eigenvalue weighted by molar-refractivity contribution is -0.130. The summed E-state index contributed by atoms with van der Waals surface area (Å²) in [5, 5.41) is 0. The Kier molecular flexibility index (Phi) is 4.45. The molecule has 6 nitrogen and oxygen atoms in total. The van der Waals surface area contributed by atoms with Gasteiger partial charge in [-0.25, -0.2) is 9.69 Å². The van der Waals surface area contributed by atoms with Crippen molar-refractivity contribution in [3.8, 4) is 11.3 Å². The predicted molar refractivity (Wildman–Crippen MR) is 85.8 cm³/mol. The van der Waals surface area contributed by atoms with Crippen LogP contribution in [0.5, 0.6) is 0 Å². The van der Waals surface area contributed by atoms with E-state index >= 15 is 0 Å². The number of amides is 2. The summed E-state index contributed by atoms with van der Waals surface area (Å²) < 4.78 is 5.25. The van der Waals surface area contributed by atoms with Gasteiger partial charge in [-0.2, -0.15) is 0 Å². The zero-order chi connectivity index (χ0) is 17.2. The number of hydrogen-bond donors (Lipinski definition) is 0. The van der Waals surface area contributed by atoms with Crippen molar-refractivity contribution in [1.29, 1.82) is 0 Å². The van der Waals surface area contributed by atoms with Crippen LogP contribution in [-0.2, 0) is 9.59 Å². The van der Waals surface area contributed by atoms with Crippen molar-refractivity contribution in [3.63, 3.8) is 0 Å². The second-order valence-electron chi connectivity index (χ2n) is 6.12. The third kappa shape index (κ3) is 3.53. The average molecular weight is 314 g/mol. The SMILES string of the molecule is CC(=O)N(C(=O)C(C)(C)C)c1ccc(-c2cccnc2)oc1=O. The van der Waals surface area contributed by atoms with E-state index in [9.17, 15) is 14.4 Å². The summed E-state index contributed by atoms with van der Waals surface area (Å²) in [6, 6.07) is 6.42. The van der Waals surface area contributed by atoms with E-state index in [-0.39, 0.29) is 5.69 Å². The first-order valence-corrected chi connectivity index (χ1v) is 7.11. The van der Waals surface area contributed by atoms with Crippen molar-refractivity contribution in [2.45, 2.75) is 27.7 Å². The lowest BCUT2D eigenvalue weighted by Gasteiger charge is -2.26. The summed E-state index contributed by atoms with van der Waals surface area (Å²) in [5.74, 6) is -0.684. The van der Waals surface area contributed by atoms with Crippen LogP contribution in [0.25, 0.3) is 11.3 Å². The summed E-state index contributed by atoms with van der Waals surface area (Å²) in [4.78, 5) is 41.4. The van der Waals surface area contributed by atoms with Crippen LogP contribution in [0.4, 0.5) is 5.69 Å². The Bertz CT molecular complexity index is 788. The molecular weight excluding hydrogens is 296 g/mol. The second-order valence-corrected chi connectivity index (χ2v) is 6.12. The van der Waals surface area contributed by atoms with Gasteiger partial charge in [-0.1, -0.05) is 20.8 Å². The lowest BCUT2D eigenvalue weighted by atomic mass is 9.94. The van der Waals surface area contributed by atoms with Crippen LogP contribution < -0.4 is 10.5 Å². The van der Waals surface area contributed by atoms with Gasteiger partial charge < -0.3 is 4.42 Å². The molecule has 0 saturated heterocycles. The fraction of sp³-hybridized carbons (Fsp3) is 0.294. The van der Waals surface area contributed by atoms with Crippen molar-refractivity contribution in [2.75, 3.05) is 4.90 Å². The summed E-state index contributed by atoms with van der Waals surface area (Å²) in [7, 11) is 0. The molecule has 0 radical (unpaired) electrons. The number of pyridine rings is 1. The van der Waals surface area contributed by atoms with E-state index in [2.05, 4.69) is 4.98 Å². The quantitative estimate of drug-likeness (QED) is 0.851. The first-order chi connectivity index (χ1) is 10.7. The Morgan fingerprint density at radius 1 is 1.17 bits per heavy atom. The molecule has 2 amide bonds. The molecule has 120 valence electrons. The first kappa shape index (κ1) is 16.6. The highest BCUT2D eigenvalue weighted by Gasteiger charge is 2.32. The third-order valence-corrected chi connectivity index (χ3v) is 3.15. The van der Waals surface area contributed by atoms with Crippen LogP contribution in [0.1, 0.15) is 27.7 Å². The Labute approximate surface area is 133 Å². The highest BCUT2D eigenvalue weighted by Crippen LogP contribution is 2.23. The molecule has 0 aliphatic carbocycles. The summed E-state index contributed by atoms with van der Waals surface area (Å²) in [5.41, 5.74) is -1.02. The van der Waals surface area contributed by atoms with Crippen molar-refractivity contribution in [2.24, 2.45) is 5.41 Å². The maximum absolute atomic E-state index is 12.4. The summed E-state index contributed by atoms with van der Waals surface area (Å²) in [6.45, 7) is 6.27. The van der Waals surface area contributed by atoms with Crippen LogP contribution in [0.15, 0.2) is 45.9 Å². The van der Waals surface area contributed by atoms with E-state index in [0.29, 0.717) is 11.3 Å². The zero-order valence-corrected chi connectivity index (χ0v) is 13.5. The van der Waals surface area contributed by atoms with Gasteiger partial charge in [0, 0.05) is 30.3 Å². The molecule has 2 heterocycles. The smallest absolute Gasteiger partial charge is 0.360 e. The molecule has 6 heteroatoms. The number of carbonyl (C=O) groups excluding carboxylic acids is 2. The molecule has 0 aliphatic rings. The minimum absolute atomic E-state index is 0.0925. The number of imide groups is 1. The monoisotopic (exact) mass is 314 g/mol. The number of aromatic nitrogens is 1. The molecule has 2 aromatic heterocycles. The van der Waals surface area contributed by atoms with Crippen LogP contribution in [0.3, 0.4) is 0 Å². The third-order valence-electron chi connectivity index (χ3n) is 3.15. The molecule has 0 aromatic carbocycles. The fourth-order valence-corrected chi connectivity index (χ4v) is 2.00. The van der Waals surface area contributed by atoms with Gasteiger partial charge in [-0.3, -0.25) is 14.6 Å². The molecule has 0 aliphatic heterocycles. The maximum atomic E-state index is 12.4. The van der Waals surface area contributed by atoms with Crippen LogP contribution in [-0.4, -0.2) is 16.8 Å². The summed E-state index contributed by atoms with van der Waals surface area (Å²) >= 11 is 0. The van der Waals surface area contributed by atoms with Gasteiger partial charge in [0.2, 0.25) is 11.8 Å². The Hall–Kier alpha value is -2.76. The van der Waals surface area contributed by atoms with Gasteiger partial charge in [0.25, 0.3) is 0 Å². The van der Waals surface area contributed by atoms with E-state index in [4.69, 9.17) is 4.42 Å². The Balaban J connectivity index is 2.49. The van der Waals surface area contributed by atoms with Crippen molar-refractivity contribution < 1.29 is 14.0 Å². The van der Waals surface area contributed by atoms with E-state index < -0.39 is 22.9 Å². The number of hydrogen-bond acceptors (Lipinski definition) is 5. The second kappa shape index (κ2) is 6.16. The Morgan fingerprint density at radius 2 is 1.87 bits per heavy atom. The number of rotatable bonds is 2. The molecule has 23 heavy (non-hydrogen) atoms. The van der Waals surface area contributed by atoms with Gasteiger partial charge in [0.15, 0.2) is 0 Å². The molecule has 0 N–H and O–H groups in total. The predicted octanol–water partition coefficient (Wildman–Crippen LogP) is 2.63. The normalized spacial score (nSPS) is 11.1. The van der Waals surface area contributed by atoms with Gasteiger partial charge in [-0.05, 0) is 24.3 Å². The number of nitrogens with zero attached hydrogens (tertiary/aromatic N) is 2. The lowest BCUT2D eigenvalue weighted by Crippen LogP contribution is -2.44. The average Bonchev–Trinajstić information content (AvgIpc) is 2.48. The van der Waals surface area contributed by atoms with E-state index in [1.54, 1.807) is 51.4 Å². The summed E-state index contributed by atoms with van der Waals surface area (Å²) in [6.07, 6.45) is 3.16. The molecule has 2 rings (SSSR count). The molecule has 0 bridgehead atoms. The fourth-order valence-electron chi connectivity index (χ4n) is 2.00. The van der Waals surface area contributed by atoms with Crippen LogP contribution >= 0.6 is 0 Å². The standard InChI is InChI=1S/C17H18N2O4/c1-11(20)19(16(22)17(2,3)4)13-7-8-14(23-15(13)21)12-6-5-9-18-10-12/h5-10H,1-4H3. The maximum Gasteiger partial charge on any atom is 0.360 e. The van der Waals surface area contributed by atoms with E-state index in [0.717, 1.165) is 4.90 Å². The number of anilines is 1. The van der Waals surface area contributed by atoms with Gasteiger partial charge >= 0.3 is 5.63 Å². The van der Waals surface area contributed by atoms with Crippen molar-refractivity contribution in [1.82, 2.24) is 4.98 Å². The highest BCUT2D eigenvalue weighted by atomic mass is 16.4. The molecule has 0 spiro atoms. The van der Waals surface area contributed by atoms with E-state index in [1.165, 1.54) is 13.0 Å². The van der Waals surface area contributed by atoms with Crippen LogP contribution in [0.2, 0.25) is 0 Å². The van der Waals surface area contributed by atoms with E-state index in [1.807, 2.05) is 0 Å². The van der Waals surface area contributed by atoms with Crippen LogP contribution in [0, 0.1) is 5.41 Å².